The number of carbonyl (C=O) groups excluding carboxylic acids is 2. The molecule has 0 fully saturated rings. The molecular weight excluding hydrogens is 466 g/mol. The van der Waals surface area contributed by atoms with Crippen LogP contribution < -0.4 is 23.7 Å². The van der Waals surface area contributed by atoms with E-state index in [1.807, 2.05) is 32.2 Å². The summed E-state index contributed by atoms with van der Waals surface area (Å²) >= 11 is 0. The molecule has 1 atom stereocenters. The lowest BCUT2D eigenvalue weighted by atomic mass is 9.89. The van der Waals surface area contributed by atoms with E-state index >= 15 is 0 Å². The number of fused-ring (bicyclic) bond motifs is 2. The lowest BCUT2D eigenvalue weighted by molar-refractivity contribution is -0.917. The second kappa shape index (κ2) is 10.5. The number of benzene rings is 2. The van der Waals surface area contributed by atoms with Crippen molar-refractivity contribution in [2.45, 2.75) is 19.9 Å². The van der Waals surface area contributed by atoms with E-state index in [4.69, 9.17) is 28.4 Å². The Hall–Kier alpha value is -3.72. The van der Waals surface area contributed by atoms with Gasteiger partial charge in [-0.15, -0.1) is 0 Å². The van der Waals surface area contributed by atoms with Gasteiger partial charge < -0.3 is 32.9 Å². The molecule has 0 unspecified atom stereocenters. The van der Waals surface area contributed by atoms with Gasteiger partial charge >= 0.3 is 5.97 Å². The fourth-order valence-electron chi connectivity index (χ4n) is 4.79. The number of likely N-dealkylation sites (N-methyl/N-ethyl adjacent to an activating group) is 1. The topological polar surface area (TPSA) is 89.5 Å². The van der Waals surface area contributed by atoms with Crippen LogP contribution in [0, 0.1) is 0 Å². The van der Waals surface area contributed by atoms with Crippen LogP contribution in [-0.2, 0) is 22.5 Å². The Morgan fingerprint density at radius 3 is 2.53 bits per heavy atom. The Labute approximate surface area is 210 Å². The smallest absolute Gasteiger partial charge is 0.361 e. The monoisotopic (exact) mass is 498 g/mol. The molecule has 2 aromatic rings. The summed E-state index contributed by atoms with van der Waals surface area (Å²) in [6, 6.07) is 5.50. The maximum absolute atomic E-state index is 13.6. The highest BCUT2D eigenvalue weighted by atomic mass is 16.7. The lowest BCUT2D eigenvalue weighted by Gasteiger charge is -2.38. The summed E-state index contributed by atoms with van der Waals surface area (Å²) in [5, 5.41) is 0. The van der Waals surface area contributed by atoms with Crippen molar-refractivity contribution in [2.24, 2.45) is 0 Å². The van der Waals surface area contributed by atoms with Gasteiger partial charge in [-0.1, -0.05) is 12.1 Å². The number of carbonyl (C=O) groups is 2. The van der Waals surface area contributed by atoms with E-state index in [1.165, 1.54) is 13.2 Å². The highest BCUT2D eigenvalue weighted by Gasteiger charge is 2.40. The Balaban J connectivity index is 1.72. The Kier molecular flexibility index (Phi) is 7.40. The minimum Gasteiger partial charge on any atom is -0.493 e. The number of methoxy groups -OCH3 is 3. The van der Waals surface area contributed by atoms with Gasteiger partial charge in [-0.3, -0.25) is 4.79 Å². The third-order valence-electron chi connectivity index (χ3n) is 6.53. The van der Waals surface area contributed by atoms with Crippen LogP contribution in [0.15, 0.2) is 24.3 Å². The zero-order chi connectivity index (χ0) is 25.9. The van der Waals surface area contributed by atoms with Gasteiger partial charge in [0, 0.05) is 6.42 Å². The fourth-order valence-corrected chi connectivity index (χ4v) is 4.79. The summed E-state index contributed by atoms with van der Waals surface area (Å²) in [4.78, 5) is 25.6. The molecule has 0 radical (unpaired) electrons. The van der Waals surface area contributed by atoms with Gasteiger partial charge in [0.2, 0.25) is 12.5 Å². The summed E-state index contributed by atoms with van der Waals surface area (Å²) < 4.78 is 33.5. The van der Waals surface area contributed by atoms with Crippen molar-refractivity contribution < 1.29 is 42.5 Å². The Bertz CT molecular complexity index is 1200. The molecule has 9 heteroatoms. The third-order valence-corrected chi connectivity index (χ3v) is 6.53. The molecule has 0 aromatic heterocycles. The molecule has 36 heavy (non-hydrogen) atoms. The predicted molar refractivity (Wildman–Crippen MR) is 132 cm³/mol. The number of hydrogen-bond donors (Lipinski definition) is 0. The van der Waals surface area contributed by atoms with E-state index < -0.39 is 0 Å². The van der Waals surface area contributed by atoms with Crippen LogP contribution >= 0.6 is 0 Å². The number of nitrogens with zero attached hydrogens (tertiary/aromatic N) is 1. The molecule has 2 heterocycles. The largest absolute Gasteiger partial charge is 0.493 e. The average Bonchev–Trinajstić information content (AvgIpc) is 3.35. The van der Waals surface area contributed by atoms with Gasteiger partial charge in [0.25, 0.3) is 0 Å². The maximum atomic E-state index is 13.6. The Morgan fingerprint density at radius 1 is 1.06 bits per heavy atom. The molecule has 4 rings (SSSR count). The average molecular weight is 499 g/mol. The van der Waals surface area contributed by atoms with Crippen LogP contribution in [0.4, 0.5) is 0 Å². The summed E-state index contributed by atoms with van der Waals surface area (Å²) in [6.07, 6.45) is 3.83. The van der Waals surface area contributed by atoms with E-state index in [2.05, 4.69) is 0 Å². The highest BCUT2D eigenvalue weighted by molar-refractivity contribution is 6.11. The number of esters is 1. The van der Waals surface area contributed by atoms with Gasteiger partial charge in [-0.2, -0.15) is 0 Å². The van der Waals surface area contributed by atoms with Gasteiger partial charge in [-0.25, -0.2) is 4.79 Å². The molecule has 0 N–H and O–H groups in total. The zero-order valence-corrected chi connectivity index (χ0v) is 21.3. The van der Waals surface area contributed by atoms with E-state index in [-0.39, 0.29) is 25.1 Å². The normalized spacial score (nSPS) is 18.0. The molecule has 192 valence electrons. The van der Waals surface area contributed by atoms with E-state index in [0.29, 0.717) is 64.9 Å². The minimum absolute atomic E-state index is 0.00293. The second-order valence-corrected chi connectivity index (χ2v) is 8.96. The first-order chi connectivity index (χ1) is 17.3. The molecule has 2 aromatic carbocycles. The van der Waals surface area contributed by atoms with Gasteiger partial charge in [0.05, 0.1) is 52.7 Å². The number of ether oxygens (including phenoxy) is 6. The van der Waals surface area contributed by atoms with Crippen molar-refractivity contribution in [2.75, 3.05) is 54.9 Å². The first kappa shape index (κ1) is 25.4. The van der Waals surface area contributed by atoms with Gasteiger partial charge in [0.1, 0.15) is 6.54 Å². The van der Waals surface area contributed by atoms with Crippen LogP contribution in [0.2, 0.25) is 0 Å². The molecule has 0 spiro atoms. The third kappa shape index (κ3) is 4.83. The molecule has 0 saturated heterocycles. The van der Waals surface area contributed by atoms with Gasteiger partial charge in [0.15, 0.2) is 35.3 Å². The SMILES string of the molecule is CCOc1ccc(/C=C/C(=O)c2c3c(c(OC)c4c2OCO4)C[N@@+](C)(CC(=O)OC)CC3)cc1OC. The first-order valence-corrected chi connectivity index (χ1v) is 11.8. The quantitative estimate of drug-likeness (QED) is 0.225. The molecule has 2 aliphatic heterocycles. The van der Waals surface area contributed by atoms with Crippen molar-refractivity contribution in [3.63, 3.8) is 0 Å². The molecule has 0 saturated carbocycles. The molecule has 9 nitrogen and oxygen atoms in total. The summed E-state index contributed by atoms with van der Waals surface area (Å²) in [5.41, 5.74) is 2.97. The van der Waals surface area contributed by atoms with Crippen molar-refractivity contribution in [1.29, 1.82) is 0 Å². The van der Waals surface area contributed by atoms with Crippen molar-refractivity contribution in [3.8, 4) is 28.7 Å². The second-order valence-electron chi connectivity index (χ2n) is 8.96. The molecule has 0 aliphatic carbocycles. The number of quaternary nitrogens is 1. The van der Waals surface area contributed by atoms with Crippen LogP contribution in [-0.4, -0.2) is 71.1 Å². The van der Waals surface area contributed by atoms with Crippen LogP contribution in [0.3, 0.4) is 0 Å². The van der Waals surface area contributed by atoms with Crippen molar-refractivity contribution in [3.05, 3.63) is 46.5 Å². The fraction of sp³-hybridized carbons (Fsp3) is 0.407. The molecule has 0 amide bonds. The summed E-state index contributed by atoms with van der Waals surface area (Å²) in [5.74, 6) is 2.11. The van der Waals surface area contributed by atoms with Crippen LogP contribution in [0.5, 0.6) is 28.7 Å². The van der Waals surface area contributed by atoms with Crippen molar-refractivity contribution in [1.82, 2.24) is 0 Å². The Morgan fingerprint density at radius 2 is 1.83 bits per heavy atom. The van der Waals surface area contributed by atoms with Crippen LogP contribution in [0.25, 0.3) is 6.08 Å². The zero-order valence-electron chi connectivity index (χ0n) is 21.3. The number of rotatable bonds is 9. The standard InChI is InChI=1S/C27H32NO8/c1-6-34-21-10-8-17(13-22(21)31-3)7-9-20(29)24-18-11-12-28(2,15-23(30)32-4)14-19(18)25(33-5)27-26(24)35-16-36-27/h7-10,13H,6,11-12,14-16H2,1-5H3/q+1/b9-7+/t28-/m0/s1. The number of ketones is 1. The molecular formula is C27H32NO8+. The predicted octanol–water partition coefficient (Wildman–Crippen LogP) is 3.40. The lowest BCUT2D eigenvalue weighted by Crippen LogP contribution is -2.51. The molecule has 2 aliphatic rings. The minimum atomic E-state index is -0.286. The highest BCUT2D eigenvalue weighted by Crippen LogP contribution is 2.50. The first-order valence-electron chi connectivity index (χ1n) is 11.8. The van der Waals surface area contributed by atoms with E-state index in [9.17, 15) is 9.59 Å². The number of allylic oxidation sites excluding steroid dienone is 1. The number of hydrogen-bond acceptors (Lipinski definition) is 8. The van der Waals surface area contributed by atoms with E-state index in [1.54, 1.807) is 20.3 Å². The van der Waals surface area contributed by atoms with Crippen molar-refractivity contribution >= 4 is 17.8 Å². The maximum Gasteiger partial charge on any atom is 0.361 e. The van der Waals surface area contributed by atoms with Crippen LogP contribution in [0.1, 0.15) is 34.0 Å². The van der Waals surface area contributed by atoms with Gasteiger partial charge in [-0.05, 0) is 36.3 Å². The molecule has 0 bridgehead atoms. The summed E-state index contributed by atoms with van der Waals surface area (Å²) in [6.45, 7) is 3.80. The summed E-state index contributed by atoms with van der Waals surface area (Å²) in [7, 11) is 6.52. The van der Waals surface area contributed by atoms with E-state index in [0.717, 1.165) is 16.7 Å².